The molecule has 31 heavy (non-hydrogen) atoms. The van der Waals surface area contributed by atoms with Crippen LogP contribution in [0.1, 0.15) is 49.4 Å². The zero-order valence-corrected chi connectivity index (χ0v) is 17.7. The van der Waals surface area contributed by atoms with Crippen LogP contribution in [0.3, 0.4) is 0 Å². The van der Waals surface area contributed by atoms with E-state index < -0.39 is 23.8 Å². The number of aromatic hydroxyl groups is 1. The van der Waals surface area contributed by atoms with Crippen molar-refractivity contribution in [1.29, 1.82) is 0 Å². The molecular weight excluding hydrogens is 398 g/mol. The van der Waals surface area contributed by atoms with E-state index in [9.17, 15) is 19.5 Å². The number of H-pyrrole nitrogens is 1. The molecule has 0 radical (unpaired) electrons. The lowest BCUT2D eigenvalue weighted by molar-refractivity contribution is 0.0316. The fourth-order valence-corrected chi connectivity index (χ4v) is 3.34. The van der Waals surface area contributed by atoms with Gasteiger partial charge in [-0.05, 0) is 61.7 Å². The molecule has 0 saturated carbocycles. The van der Waals surface area contributed by atoms with Crippen molar-refractivity contribution in [3.63, 3.8) is 0 Å². The minimum Gasteiger partial charge on any atom is -0.508 e. The van der Waals surface area contributed by atoms with Crippen LogP contribution in [-0.2, 0) is 9.47 Å². The summed E-state index contributed by atoms with van der Waals surface area (Å²) in [5.74, 6) is -1.44. The number of carbonyl (C=O) groups is 3. The molecule has 1 atom stereocenters. The van der Waals surface area contributed by atoms with E-state index in [1.54, 1.807) is 62.4 Å². The van der Waals surface area contributed by atoms with Gasteiger partial charge in [0.2, 0.25) is 5.78 Å². The summed E-state index contributed by atoms with van der Waals surface area (Å²) < 4.78 is 10.1. The highest BCUT2D eigenvalue weighted by Crippen LogP contribution is 2.23. The van der Waals surface area contributed by atoms with E-state index in [0.717, 1.165) is 11.1 Å². The quantitative estimate of drug-likeness (QED) is 0.456. The maximum atomic E-state index is 12.8. The van der Waals surface area contributed by atoms with Crippen molar-refractivity contribution in [2.75, 3.05) is 7.11 Å². The molecular formula is C24H23NO6. The second kappa shape index (κ2) is 8.87. The number of nitrogens with one attached hydrogen (secondary N) is 1. The summed E-state index contributed by atoms with van der Waals surface area (Å²) in [4.78, 5) is 40.1. The minimum atomic E-state index is -1.05. The van der Waals surface area contributed by atoms with Crippen LogP contribution in [0.4, 0.5) is 0 Å². The van der Waals surface area contributed by atoms with E-state index in [2.05, 4.69) is 4.98 Å². The van der Waals surface area contributed by atoms with Gasteiger partial charge in [-0.1, -0.05) is 24.3 Å². The number of aromatic amines is 1. The number of esters is 2. The number of Topliss-reactive ketones (excluding diaryl/α,β-unsaturated/α-hetero) is 1. The van der Waals surface area contributed by atoms with Crippen molar-refractivity contribution < 1.29 is 29.0 Å². The zero-order chi connectivity index (χ0) is 22.7. The van der Waals surface area contributed by atoms with Gasteiger partial charge >= 0.3 is 11.9 Å². The molecule has 2 aromatic carbocycles. The van der Waals surface area contributed by atoms with Crippen molar-refractivity contribution in [2.24, 2.45) is 0 Å². The summed E-state index contributed by atoms with van der Waals surface area (Å²) in [6.07, 6.45) is -1.05. The Balaban J connectivity index is 1.72. The number of phenols is 1. The second-order valence-electron chi connectivity index (χ2n) is 7.15. The van der Waals surface area contributed by atoms with Crippen molar-refractivity contribution in [1.82, 2.24) is 4.98 Å². The molecule has 1 heterocycles. The molecule has 1 aromatic heterocycles. The smallest absolute Gasteiger partial charge is 0.339 e. The number of ether oxygens (including phenoxy) is 2. The standard InChI is InChI=1S/C24H23NO6/c1-13-20(24(29)30-4)14(2)25-21(13)22(27)15(3)31-23(28)18-7-5-16(6-8-18)17-9-11-19(26)12-10-17/h5-12,15,25-26H,1-4H3/t15-/m1/s1. The van der Waals surface area contributed by atoms with Gasteiger partial charge < -0.3 is 19.6 Å². The molecule has 0 spiro atoms. The lowest BCUT2D eigenvalue weighted by atomic mass is 10.0. The Labute approximate surface area is 179 Å². The predicted octanol–water partition coefficient (Wildman–Crippen LogP) is 4.22. The number of hydrogen-bond acceptors (Lipinski definition) is 6. The van der Waals surface area contributed by atoms with Gasteiger partial charge in [0, 0.05) is 5.69 Å². The normalized spacial score (nSPS) is 11.6. The Morgan fingerprint density at radius 3 is 2.00 bits per heavy atom. The Bertz CT molecular complexity index is 1130. The summed E-state index contributed by atoms with van der Waals surface area (Å²) in [6, 6.07) is 13.5. The lowest BCUT2D eigenvalue weighted by Crippen LogP contribution is -2.25. The summed E-state index contributed by atoms with van der Waals surface area (Å²) in [5.41, 5.74) is 3.53. The Hall–Kier alpha value is -3.87. The molecule has 3 aromatic rings. The first kappa shape index (κ1) is 21.8. The van der Waals surface area contributed by atoms with Crippen LogP contribution >= 0.6 is 0 Å². The third kappa shape index (κ3) is 4.50. The number of ketones is 1. The van der Waals surface area contributed by atoms with Gasteiger partial charge in [0.15, 0.2) is 6.10 Å². The molecule has 0 aliphatic heterocycles. The van der Waals surface area contributed by atoms with Crippen LogP contribution in [0, 0.1) is 13.8 Å². The number of aryl methyl sites for hydroxylation is 1. The van der Waals surface area contributed by atoms with Gasteiger partial charge in [0.1, 0.15) is 5.75 Å². The van der Waals surface area contributed by atoms with Crippen LogP contribution in [0.2, 0.25) is 0 Å². The average molecular weight is 421 g/mol. The number of hydrogen-bond donors (Lipinski definition) is 2. The minimum absolute atomic E-state index is 0.175. The highest BCUT2D eigenvalue weighted by molar-refractivity contribution is 6.04. The second-order valence-corrected chi connectivity index (χ2v) is 7.15. The third-order valence-electron chi connectivity index (χ3n) is 5.05. The number of carbonyl (C=O) groups excluding carboxylic acids is 3. The fourth-order valence-electron chi connectivity index (χ4n) is 3.34. The predicted molar refractivity (Wildman–Crippen MR) is 114 cm³/mol. The van der Waals surface area contributed by atoms with Gasteiger partial charge in [-0.2, -0.15) is 0 Å². The molecule has 0 aliphatic carbocycles. The van der Waals surface area contributed by atoms with E-state index in [1.165, 1.54) is 14.0 Å². The maximum absolute atomic E-state index is 12.8. The summed E-state index contributed by atoms with van der Waals surface area (Å²) >= 11 is 0. The number of rotatable bonds is 6. The van der Waals surface area contributed by atoms with E-state index in [4.69, 9.17) is 9.47 Å². The van der Waals surface area contributed by atoms with Gasteiger partial charge in [-0.3, -0.25) is 4.79 Å². The van der Waals surface area contributed by atoms with Crippen LogP contribution in [-0.4, -0.2) is 41.0 Å². The number of aromatic nitrogens is 1. The number of benzene rings is 2. The molecule has 2 N–H and O–H groups in total. The van der Waals surface area contributed by atoms with Crippen LogP contribution in [0.25, 0.3) is 11.1 Å². The summed E-state index contributed by atoms with van der Waals surface area (Å²) in [6.45, 7) is 4.79. The Morgan fingerprint density at radius 2 is 1.45 bits per heavy atom. The summed E-state index contributed by atoms with van der Waals surface area (Å²) in [5, 5.41) is 9.39. The van der Waals surface area contributed by atoms with E-state index in [1.807, 2.05) is 0 Å². The average Bonchev–Trinajstić information content (AvgIpc) is 3.07. The first-order valence-corrected chi connectivity index (χ1v) is 9.65. The van der Waals surface area contributed by atoms with Crippen molar-refractivity contribution in [3.05, 3.63) is 76.6 Å². The number of phenolic OH excluding ortho intramolecular Hbond substituents is 1. The number of methoxy groups -OCH3 is 1. The van der Waals surface area contributed by atoms with Crippen LogP contribution in [0.5, 0.6) is 5.75 Å². The van der Waals surface area contributed by atoms with Gasteiger partial charge in [0.05, 0.1) is 23.9 Å². The highest BCUT2D eigenvalue weighted by Gasteiger charge is 2.27. The van der Waals surface area contributed by atoms with E-state index in [-0.39, 0.29) is 11.4 Å². The highest BCUT2D eigenvalue weighted by atomic mass is 16.5. The molecule has 0 fully saturated rings. The molecule has 7 heteroatoms. The summed E-state index contributed by atoms with van der Waals surface area (Å²) in [7, 11) is 1.27. The van der Waals surface area contributed by atoms with E-state index in [0.29, 0.717) is 22.4 Å². The fraction of sp³-hybridized carbons (Fsp3) is 0.208. The molecule has 0 aliphatic rings. The zero-order valence-electron chi connectivity index (χ0n) is 17.7. The van der Waals surface area contributed by atoms with Gasteiger partial charge in [-0.25, -0.2) is 9.59 Å². The Morgan fingerprint density at radius 1 is 0.903 bits per heavy atom. The lowest BCUT2D eigenvalue weighted by Gasteiger charge is -2.12. The SMILES string of the molecule is COC(=O)c1c(C)[nH]c(C(=O)[C@@H](C)OC(=O)c2ccc(-c3ccc(O)cc3)cc2)c1C. The largest absolute Gasteiger partial charge is 0.508 e. The Kier molecular flexibility index (Phi) is 6.25. The molecule has 0 bridgehead atoms. The molecule has 7 nitrogen and oxygen atoms in total. The molecule has 0 unspecified atom stereocenters. The van der Waals surface area contributed by atoms with Crippen molar-refractivity contribution in [2.45, 2.75) is 26.9 Å². The first-order chi connectivity index (χ1) is 14.7. The van der Waals surface area contributed by atoms with Crippen molar-refractivity contribution >= 4 is 17.7 Å². The molecule has 0 saturated heterocycles. The van der Waals surface area contributed by atoms with Crippen LogP contribution < -0.4 is 0 Å². The third-order valence-corrected chi connectivity index (χ3v) is 5.05. The molecule has 160 valence electrons. The molecule has 0 amide bonds. The topological polar surface area (TPSA) is 106 Å². The van der Waals surface area contributed by atoms with Crippen molar-refractivity contribution in [3.8, 4) is 16.9 Å². The van der Waals surface area contributed by atoms with Gasteiger partial charge in [0.25, 0.3) is 0 Å². The van der Waals surface area contributed by atoms with E-state index >= 15 is 0 Å². The van der Waals surface area contributed by atoms with Crippen LogP contribution in [0.15, 0.2) is 48.5 Å². The first-order valence-electron chi connectivity index (χ1n) is 9.65. The monoisotopic (exact) mass is 421 g/mol. The maximum Gasteiger partial charge on any atom is 0.339 e. The van der Waals surface area contributed by atoms with Gasteiger partial charge in [-0.15, -0.1) is 0 Å². The molecule has 3 rings (SSSR count).